The average Bonchev–Trinajstić information content (AvgIpc) is 3.60. The molecular formula is C42H39B11N2. The second-order valence-electron chi connectivity index (χ2n) is 17.0. The number of imidazole rings is 1. The first-order valence-corrected chi connectivity index (χ1v) is 19.8. The molecule has 13 heteroatoms. The molecule has 0 N–H and O–H groups in total. The van der Waals surface area contributed by atoms with Crippen LogP contribution in [0.25, 0.3) is 82.1 Å². The summed E-state index contributed by atoms with van der Waals surface area (Å²) in [6.07, 6.45) is 0. The standard InChI is InChI=1S/C42H39B11N2/c43-33-29-27(22-13-5-7-15-25(22)55-26-16-8-6-14-24(26)54-41(55)42(51,52)53)30-32(36(46)40(50)38(48)34(30)44)28(31(29)35(45)39(49)37(33)47)23-17-18-9-1-2-10-19(18)20-11-3-4-12-21(20)23/h1-17H,43-53H2. The molecule has 0 saturated carbocycles. The number of benzene rings is 8. The summed E-state index contributed by atoms with van der Waals surface area (Å²) >= 11 is 0. The highest BCUT2D eigenvalue weighted by Crippen LogP contribution is 2.45. The lowest BCUT2D eigenvalue weighted by atomic mass is 9.42. The van der Waals surface area contributed by atoms with E-state index in [-0.39, 0.29) is 5.11 Å². The first-order valence-electron chi connectivity index (χ1n) is 19.8. The van der Waals surface area contributed by atoms with Gasteiger partial charge in [-0.2, -0.15) is 0 Å². The number of fused-ring (bicyclic) bond motifs is 6. The predicted molar refractivity (Wildman–Crippen MR) is 275 cm³/mol. The van der Waals surface area contributed by atoms with Crippen molar-refractivity contribution in [2.75, 3.05) is 0 Å². The second-order valence-corrected chi connectivity index (χ2v) is 17.0. The van der Waals surface area contributed by atoms with Crippen molar-refractivity contribution in [1.29, 1.82) is 0 Å². The van der Waals surface area contributed by atoms with Crippen LogP contribution in [0.15, 0.2) is 103 Å². The Kier molecular flexibility index (Phi) is 8.28. The molecule has 0 aliphatic heterocycles. The van der Waals surface area contributed by atoms with Gasteiger partial charge < -0.3 is 0 Å². The van der Waals surface area contributed by atoms with Crippen molar-refractivity contribution in [3.05, 3.63) is 109 Å². The molecule has 0 spiro atoms. The van der Waals surface area contributed by atoms with Crippen LogP contribution in [0.1, 0.15) is 5.82 Å². The zero-order chi connectivity index (χ0) is 38.7. The molecule has 0 aliphatic carbocycles. The van der Waals surface area contributed by atoms with Gasteiger partial charge in [-0.1, -0.05) is 106 Å². The Labute approximate surface area is 334 Å². The van der Waals surface area contributed by atoms with Crippen LogP contribution in [0, 0.1) is 0 Å². The highest BCUT2D eigenvalue weighted by atomic mass is 15.1. The topological polar surface area (TPSA) is 17.8 Å². The number of aromatic nitrogens is 2. The average molecular weight is 691 g/mol. The van der Waals surface area contributed by atoms with Crippen LogP contribution in [-0.2, 0) is 5.11 Å². The minimum Gasteiger partial charge on any atom is -0.297 e. The van der Waals surface area contributed by atoms with Crippen molar-refractivity contribution in [1.82, 2.24) is 9.55 Å². The molecule has 2 nitrogen and oxygen atoms in total. The Balaban J connectivity index is 1.59. The van der Waals surface area contributed by atoms with Gasteiger partial charge in [-0.05, 0) is 84.0 Å². The Bertz CT molecular complexity index is 3050. The molecule has 9 aromatic rings. The quantitative estimate of drug-likeness (QED) is 0.102. The molecule has 250 valence electrons. The minimum atomic E-state index is -0.183. The molecule has 0 fully saturated rings. The Morgan fingerprint density at radius 2 is 0.891 bits per heavy atom. The zero-order valence-corrected chi connectivity index (χ0v) is 34.2. The highest BCUT2D eigenvalue weighted by Gasteiger charge is 2.29. The fraction of sp³-hybridized carbons (Fsp3) is 0.0238. The number of hydrogen-bond donors (Lipinski definition) is 0. The third kappa shape index (κ3) is 5.14. The van der Waals surface area contributed by atoms with Crippen LogP contribution in [0.5, 0.6) is 0 Å². The number of hydrogen-bond acceptors (Lipinski definition) is 1. The summed E-state index contributed by atoms with van der Waals surface area (Å²) in [6.45, 7) is 0. The van der Waals surface area contributed by atoms with Crippen LogP contribution in [0.2, 0.25) is 0 Å². The van der Waals surface area contributed by atoms with Crippen molar-refractivity contribution in [2.45, 2.75) is 5.11 Å². The smallest absolute Gasteiger partial charge is 0.139 e. The lowest BCUT2D eigenvalue weighted by Crippen LogP contribution is -2.50. The zero-order valence-electron chi connectivity index (χ0n) is 34.2. The van der Waals surface area contributed by atoms with E-state index in [0.29, 0.717) is 0 Å². The first-order chi connectivity index (χ1) is 26.3. The van der Waals surface area contributed by atoms with Gasteiger partial charge in [-0.15, -0.1) is 21.9 Å². The fourth-order valence-corrected chi connectivity index (χ4v) is 9.58. The van der Waals surface area contributed by atoms with E-state index in [0.717, 1.165) is 22.5 Å². The van der Waals surface area contributed by atoms with Crippen LogP contribution >= 0.6 is 0 Å². The predicted octanol–water partition coefficient (Wildman–Crippen LogP) is -5.95. The molecule has 9 rings (SSSR count). The van der Waals surface area contributed by atoms with Crippen LogP contribution < -0.4 is 43.7 Å². The van der Waals surface area contributed by atoms with Crippen molar-refractivity contribution >= 4 is 184 Å². The van der Waals surface area contributed by atoms with E-state index in [1.54, 1.807) is 0 Å². The maximum absolute atomic E-state index is 5.31. The summed E-state index contributed by atoms with van der Waals surface area (Å²) in [7, 11) is 25.6. The second kappa shape index (κ2) is 12.8. The summed E-state index contributed by atoms with van der Waals surface area (Å²) in [5.74, 6) is 1.06. The maximum atomic E-state index is 5.31. The van der Waals surface area contributed by atoms with Gasteiger partial charge in [0, 0.05) is 5.56 Å². The monoisotopic (exact) mass is 692 g/mol. The van der Waals surface area contributed by atoms with Gasteiger partial charge in [0.1, 0.15) is 62.8 Å². The number of para-hydroxylation sites is 3. The molecule has 0 radical (unpaired) electrons. The van der Waals surface area contributed by atoms with E-state index < -0.39 is 0 Å². The van der Waals surface area contributed by atoms with E-state index >= 15 is 0 Å². The molecule has 1 heterocycles. The van der Waals surface area contributed by atoms with Crippen LogP contribution in [0.4, 0.5) is 0 Å². The molecule has 0 bridgehead atoms. The normalized spacial score (nSPS) is 12.1. The van der Waals surface area contributed by atoms with Gasteiger partial charge in [-0.25, -0.2) is 4.98 Å². The van der Waals surface area contributed by atoms with Gasteiger partial charge >= 0.3 is 0 Å². The third-order valence-electron chi connectivity index (χ3n) is 13.1. The van der Waals surface area contributed by atoms with Gasteiger partial charge in [0.2, 0.25) is 0 Å². The molecule has 0 amide bonds. The van der Waals surface area contributed by atoms with Gasteiger partial charge in [0.05, 0.1) is 46.1 Å². The van der Waals surface area contributed by atoms with Gasteiger partial charge in [0.15, 0.2) is 0 Å². The molecule has 1 aromatic heterocycles. The fourth-order valence-electron chi connectivity index (χ4n) is 9.58. The van der Waals surface area contributed by atoms with E-state index in [2.05, 4.69) is 194 Å². The number of nitrogens with zero attached hydrogens (tertiary/aromatic N) is 2. The van der Waals surface area contributed by atoms with E-state index in [9.17, 15) is 0 Å². The van der Waals surface area contributed by atoms with Gasteiger partial charge in [-0.3, -0.25) is 4.57 Å². The largest absolute Gasteiger partial charge is 0.297 e. The van der Waals surface area contributed by atoms with Crippen molar-refractivity contribution in [3.63, 3.8) is 0 Å². The van der Waals surface area contributed by atoms with E-state index in [1.807, 2.05) is 0 Å². The van der Waals surface area contributed by atoms with Crippen molar-refractivity contribution < 1.29 is 0 Å². The first kappa shape index (κ1) is 35.7. The summed E-state index contributed by atoms with van der Waals surface area (Å²) in [5.41, 5.74) is 19.4. The molecule has 0 saturated heterocycles. The lowest BCUT2D eigenvalue weighted by molar-refractivity contribution is 0.931. The SMILES string of the molecule is Bc1c(B)c(B)c2c(-c3cc4ccccc4c4ccccc34)c3c(B)c(B)c(B)c(B)c3c(-c3ccccc3-n3c(C(B)(B)B)nc4ccccc43)c2c1B. The Morgan fingerprint density at radius 1 is 0.436 bits per heavy atom. The molecule has 55 heavy (non-hydrogen) atoms. The Morgan fingerprint density at radius 3 is 1.47 bits per heavy atom. The molecule has 0 atom stereocenters. The number of rotatable bonds is 4. The highest BCUT2D eigenvalue weighted by molar-refractivity contribution is 6.71. The molecule has 0 unspecified atom stereocenters. The molecular weight excluding hydrogens is 651 g/mol. The summed E-state index contributed by atoms with van der Waals surface area (Å²) in [5, 5.41) is 10.4. The molecule has 8 aromatic carbocycles. The summed E-state index contributed by atoms with van der Waals surface area (Å²) in [6, 6.07) is 38.1. The van der Waals surface area contributed by atoms with E-state index in [4.69, 9.17) is 4.98 Å². The summed E-state index contributed by atoms with van der Waals surface area (Å²) in [4.78, 5) is 5.31. The summed E-state index contributed by atoms with van der Waals surface area (Å²) < 4.78 is 2.44. The lowest BCUT2D eigenvalue weighted by Gasteiger charge is -2.30. The van der Waals surface area contributed by atoms with Crippen LogP contribution in [0.3, 0.4) is 0 Å². The van der Waals surface area contributed by atoms with Crippen LogP contribution in [-0.4, -0.2) is 95.9 Å². The maximum Gasteiger partial charge on any atom is 0.139 e. The Hall–Kier alpha value is -5.02. The molecule has 0 aliphatic rings. The van der Waals surface area contributed by atoms with Crippen molar-refractivity contribution in [2.24, 2.45) is 0 Å². The third-order valence-corrected chi connectivity index (χ3v) is 13.1. The van der Waals surface area contributed by atoms with E-state index in [1.165, 1.54) is 109 Å². The van der Waals surface area contributed by atoms with Crippen molar-refractivity contribution in [3.8, 4) is 27.9 Å². The minimum absolute atomic E-state index is 0.183. The van der Waals surface area contributed by atoms with Gasteiger partial charge in [0.25, 0.3) is 0 Å².